The van der Waals surface area contributed by atoms with Crippen LogP contribution in [0.1, 0.15) is 22.3 Å². The minimum absolute atomic E-state index is 0.840. The summed E-state index contributed by atoms with van der Waals surface area (Å²) in [6, 6.07) is 49.9. The molecule has 0 aliphatic heterocycles. The zero-order valence-corrected chi connectivity index (χ0v) is 27.0. The van der Waals surface area contributed by atoms with Gasteiger partial charge in [-0.25, -0.2) is 9.97 Å². The van der Waals surface area contributed by atoms with E-state index in [0.29, 0.717) is 0 Å². The molecular formula is C45H32N4. The lowest BCUT2D eigenvalue weighted by Crippen LogP contribution is -2.14. The van der Waals surface area contributed by atoms with E-state index in [1.165, 1.54) is 55.6 Å². The molecule has 8 aromatic rings. The molecule has 3 heterocycles. The van der Waals surface area contributed by atoms with E-state index in [1.807, 2.05) is 30.5 Å². The summed E-state index contributed by atoms with van der Waals surface area (Å²) in [6.07, 6.45) is 5.90. The number of pyridine rings is 2. The van der Waals surface area contributed by atoms with Crippen molar-refractivity contribution in [1.82, 2.24) is 19.5 Å². The van der Waals surface area contributed by atoms with E-state index < -0.39 is 0 Å². The standard InChI is InChI=1S/C45H32N4/c1-3-14-35-30(10-1)21-25-37-42(38-26-22-31-11-2-4-15-36(31)44(38)48-43(35)37)33-13-9-12-32(28-33)29-19-23-34(24-20-29)49-41-18-6-5-16-39(41)47-45(49)40-17-7-8-27-46-40/h1-20,23-24,27-28H,21-22,25-26H2. The first kappa shape index (κ1) is 27.9. The average molecular weight is 629 g/mol. The topological polar surface area (TPSA) is 43.6 Å². The van der Waals surface area contributed by atoms with Crippen molar-refractivity contribution >= 4 is 11.0 Å². The SMILES string of the molecule is c1ccc(-c2nc3ccccc3n2-c2ccc(-c3cccc(-c4c5c(nc6c4CCc4ccccc4-6)-c4ccccc4CC5)c3)cc2)nc1. The smallest absolute Gasteiger partial charge is 0.164 e. The maximum Gasteiger partial charge on any atom is 0.164 e. The van der Waals surface area contributed by atoms with E-state index >= 15 is 0 Å². The molecule has 5 aromatic carbocycles. The average Bonchev–Trinajstić information content (AvgIpc) is 3.57. The van der Waals surface area contributed by atoms with E-state index in [9.17, 15) is 0 Å². The van der Waals surface area contributed by atoms with Gasteiger partial charge in [-0.1, -0.05) is 97.1 Å². The van der Waals surface area contributed by atoms with Crippen molar-refractivity contribution in [3.8, 4) is 62.0 Å². The van der Waals surface area contributed by atoms with Gasteiger partial charge in [-0.3, -0.25) is 9.55 Å². The van der Waals surface area contributed by atoms with Gasteiger partial charge >= 0.3 is 0 Å². The Morgan fingerprint density at radius 2 is 1.14 bits per heavy atom. The molecule has 2 aliphatic carbocycles. The van der Waals surface area contributed by atoms with Crippen LogP contribution in [0.4, 0.5) is 0 Å². The van der Waals surface area contributed by atoms with Crippen molar-refractivity contribution < 1.29 is 0 Å². The summed E-state index contributed by atoms with van der Waals surface area (Å²) in [6.45, 7) is 0. The third kappa shape index (κ3) is 4.56. The summed E-state index contributed by atoms with van der Waals surface area (Å²) in [5, 5.41) is 0. The Morgan fingerprint density at radius 3 is 1.86 bits per heavy atom. The third-order valence-electron chi connectivity index (χ3n) is 10.3. The van der Waals surface area contributed by atoms with Gasteiger partial charge in [0.15, 0.2) is 5.82 Å². The lowest BCUT2D eigenvalue weighted by atomic mass is 9.78. The van der Waals surface area contributed by atoms with Crippen LogP contribution in [0.3, 0.4) is 0 Å². The molecule has 0 saturated carbocycles. The monoisotopic (exact) mass is 628 g/mol. The summed E-state index contributed by atoms with van der Waals surface area (Å²) >= 11 is 0. The Hall–Kier alpha value is -6.13. The van der Waals surface area contributed by atoms with Crippen molar-refractivity contribution in [3.05, 3.63) is 168 Å². The van der Waals surface area contributed by atoms with Crippen molar-refractivity contribution in [1.29, 1.82) is 0 Å². The number of benzene rings is 5. The molecular weight excluding hydrogens is 597 g/mol. The molecule has 10 rings (SSSR count). The maximum absolute atomic E-state index is 5.48. The lowest BCUT2D eigenvalue weighted by molar-refractivity contribution is 0.892. The van der Waals surface area contributed by atoms with Crippen LogP contribution in [-0.4, -0.2) is 19.5 Å². The number of hydrogen-bond donors (Lipinski definition) is 0. The molecule has 3 aromatic heterocycles. The first-order valence-corrected chi connectivity index (χ1v) is 17.1. The number of hydrogen-bond acceptors (Lipinski definition) is 3. The fraction of sp³-hybridized carbons (Fsp3) is 0.0889. The van der Waals surface area contributed by atoms with Gasteiger partial charge in [0.05, 0.1) is 22.4 Å². The van der Waals surface area contributed by atoms with Crippen LogP contribution in [0.5, 0.6) is 0 Å². The molecule has 4 heteroatoms. The van der Waals surface area contributed by atoms with Crippen LogP contribution in [-0.2, 0) is 25.7 Å². The fourth-order valence-electron chi connectivity index (χ4n) is 8.02. The second-order valence-electron chi connectivity index (χ2n) is 13.1. The number of para-hydroxylation sites is 2. The Bertz CT molecular complexity index is 2470. The summed E-state index contributed by atoms with van der Waals surface area (Å²) in [5.41, 5.74) is 19.4. The second kappa shape index (κ2) is 11.2. The highest BCUT2D eigenvalue weighted by molar-refractivity contribution is 5.89. The van der Waals surface area contributed by atoms with Gasteiger partial charge < -0.3 is 0 Å². The number of aryl methyl sites for hydroxylation is 2. The predicted octanol–water partition coefficient (Wildman–Crippen LogP) is 10.3. The normalized spacial score (nSPS) is 13.0. The molecule has 0 radical (unpaired) electrons. The molecule has 49 heavy (non-hydrogen) atoms. The van der Waals surface area contributed by atoms with Gasteiger partial charge in [-0.15, -0.1) is 0 Å². The van der Waals surface area contributed by atoms with Crippen molar-refractivity contribution in [2.24, 2.45) is 0 Å². The molecule has 0 spiro atoms. The minimum atomic E-state index is 0.840. The van der Waals surface area contributed by atoms with Gasteiger partial charge in [0.2, 0.25) is 0 Å². The van der Waals surface area contributed by atoms with E-state index in [2.05, 4.69) is 125 Å². The molecule has 0 atom stereocenters. The van der Waals surface area contributed by atoms with Crippen LogP contribution in [0.15, 0.2) is 146 Å². The number of aromatic nitrogens is 4. The van der Waals surface area contributed by atoms with Gasteiger partial charge in [-0.05, 0) is 113 Å². The largest absolute Gasteiger partial charge is 0.291 e. The van der Waals surface area contributed by atoms with E-state index in [-0.39, 0.29) is 0 Å². The summed E-state index contributed by atoms with van der Waals surface area (Å²) in [5.74, 6) is 0.840. The third-order valence-corrected chi connectivity index (χ3v) is 10.3. The minimum Gasteiger partial charge on any atom is -0.291 e. The summed E-state index contributed by atoms with van der Waals surface area (Å²) in [7, 11) is 0. The molecule has 4 nitrogen and oxygen atoms in total. The van der Waals surface area contributed by atoms with Gasteiger partial charge in [0.25, 0.3) is 0 Å². The number of nitrogens with zero attached hydrogens (tertiary/aromatic N) is 4. The van der Waals surface area contributed by atoms with Crippen LogP contribution in [0.25, 0.3) is 73.0 Å². The Kier molecular flexibility index (Phi) is 6.41. The molecule has 0 fully saturated rings. The van der Waals surface area contributed by atoms with Crippen molar-refractivity contribution in [2.75, 3.05) is 0 Å². The van der Waals surface area contributed by atoms with E-state index in [1.54, 1.807) is 0 Å². The maximum atomic E-state index is 5.48. The highest BCUT2D eigenvalue weighted by atomic mass is 15.1. The zero-order valence-electron chi connectivity index (χ0n) is 27.0. The molecule has 0 unspecified atom stereocenters. The summed E-state index contributed by atoms with van der Waals surface area (Å²) in [4.78, 5) is 15.1. The molecule has 2 aliphatic rings. The summed E-state index contributed by atoms with van der Waals surface area (Å²) < 4.78 is 2.21. The van der Waals surface area contributed by atoms with Gasteiger partial charge in [0, 0.05) is 23.0 Å². The molecule has 0 amide bonds. The van der Waals surface area contributed by atoms with Crippen LogP contribution < -0.4 is 0 Å². The zero-order chi connectivity index (χ0) is 32.3. The van der Waals surface area contributed by atoms with Crippen molar-refractivity contribution in [2.45, 2.75) is 25.7 Å². The quantitative estimate of drug-likeness (QED) is 0.195. The highest BCUT2D eigenvalue weighted by Gasteiger charge is 2.29. The van der Waals surface area contributed by atoms with Crippen molar-refractivity contribution in [3.63, 3.8) is 0 Å². The number of rotatable bonds is 4. The van der Waals surface area contributed by atoms with E-state index in [0.717, 1.165) is 65.3 Å². The first-order valence-electron chi connectivity index (χ1n) is 17.1. The van der Waals surface area contributed by atoms with Crippen LogP contribution >= 0.6 is 0 Å². The number of imidazole rings is 1. The fourth-order valence-corrected chi connectivity index (χ4v) is 8.02. The Labute approximate surface area is 285 Å². The number of fused-ring (bicyclic) bond motifs is 7. The molecule has 0 bridgehead atoms. The van der Waals surface area contributed by atoms with Crippen LogP contribution in [0, 0.1) is 0 Å². The lowest BCUT2D eigenvalue weighted by Gasteiger charge is -2.29. The predicted molar refractivity (Wildman–Crippen MR) is 199 cm³/mol. The molecule has 0 N–H and O–H groups in total. The first-order chi connectivity index (χ1) is 24.3. The second-order valence-corrected chi connectivity index (χ2v) is 13.1. The van der Waals surface area contributed by atoms with E-state index in [4.69, 9.17) is 9.97 Å². The van der Waals surface area contributed by atoms with Crippen LogP contribution in [0.2, 0.25) is 0 Å². The Balaban J connectivity index is 1.10. The molecule has 0 saturated heterocycles. The molecule has 232 valence electrons. The van der Waals surface area contributed by atoms with Gasteiger partial charge in [0.1, 0.15) is 5.69 Å². The van der Waals surface area contributed by atoms with Gasteiger partial charge in [-0.2, -0.15) is 0 Å². The Morgan fingerprint density at radius 1 is 0.490 bits per heavy atom. The highest BCUT2D eigenvalue weighted by Crippen LogP contribution is 2.46.